The van der Waals surface area contributed by atoms with Gasteiger partial charge in [0.15, 0.2) is 0 Å². The van der Waals surface area contributed by atoms with Gasteiger partial charge >= 0.3 is 0 Å². The summed E-state index contributed by atoms with van der Waals surface area (Å²) in [7, 11) is 2.02. The number of carbonyl (C=O) groups excluding carboxylic acids is 1. The average Bonchev–Trinajstić information content (AvgIpc) is 2.48. The molecule has 20 heavy (non-hydrogen) atoms. The number of para-hydroxylation sites is 1. The number of rotatable bonds is 2. The van der Waals surface area contributed by atoms with Gasteiger partial charge in [0.2, 0.25) is 5.91 Å². The Labute approximate surface area is 118 Å². The van der Waals surface area contributed by atoms with Crippen LogP contribution in [0.5, 0.6) is 0 Å². The third-order valence-corrected chi connectivity index (χ3v) is 3.96. The molecule has 1 aliphatic heterocycles. The zero-order chi connectivity index (χ0) is 13.9. The van der Waals surface area contributed by atoms with Crippen LogP contribution in [0.3, 0.4) is 0 Å². The summed E-state index contributed by atoms with van der Waals surface area (Å²) in [5.74, 6) is 0.0744. The first-order chi connectivity index (χ1) is 9.75. The maximum atomic E-state index is 12.4. The molecule has 0 radical (unpaired) electrons. The summed E-state index contributed by atoms with van der Waals surface area (Å²) in [6, 6.07) is 9.75. The molecule has 1 amide bonds. The van der Waals surface area contributed by atoms with E-state index >= 15 is 0 Å². The average molecular weight is 269 g/mol. The number of likely N-dealkylation sites (tertiary alicyclic amines) is 1. The Morgan fingerprint density at radius 1 is 1.30 bits per heavy atom. The fourth-order valence-electron chi connectivity index (χ4n) is 2.83. The van der Waals surface area contributed by atoms with Gasteiger partial charge in [0.25, 0.3) is 0 Å². The van der Waals surface area contributed by atoms with Crippen molar-refractivity contribution >= 4 is 22.5 Å². The molecule has 1 aromatic carbocycles. The number of fused-ring (bicyclic) bond motifs is 1. The second-order valence-corrected chi connectivity index (χ2v) is 5.36. The standard InChI is InChI=1S/C16H19N3O/c1-19-11-3-2-9-14(19)16(20)18-13-8-4-6-12-7-5-10-17-15(12)13/h4-8,10,14H,2-3,9,11H2,1H3,(H,18,20)/t14-/m1/s1. The summed E-state index contributed by atoms with van der Waals surface area (Å²) in [5.41, 5.74) is 1.65. The fraction of sp³-hybridized carbons (Fsp3) is 0.375. The molecule has 1 N–H and O–H groups in total. The monoisotopic (exact) mass is 269 g/mol. The van der Waals surface area contributed by atoms with E-state index in [1.54, 1.807) is 6.20 Å². The zero-order valence-corrected chi connectivity index (χ0v) is 11.7. The normalized spacial score (nSPS) is 19.9. The second kappa shape index (κ2) is 5.59. The van der Waals surface area contributed by atoms with E-state index in [-0.39, 0.29) is 11.9 Å². The summed E-state index contributed by atoms with van der Waals surface area (Å²) >= 11 is 0. The fourth-order valence-corrected chi connectivity index (χ4v) is 2.83. The van der Waals surface area contributed by atoms with Gasteiger partial charge in [-0.3, -0.25) is 14.7 Å². The molecular formula is C16H19N3O. The van der Waals surface area contributed by atoms with Crippen LogP contribution in [0, 0.1) is 0 Å². The minimum atomic E-state index is -0.0253. The minimum Gasteiger partial charge on any atom is -0.323 e. The smallest absolute Gasteiger partial charge is 0.241 e. The third-order valence-electron chi connectivity index (χ3n) is 3.96. The predicted octanol–water partition coefficient (Wildman–Crippen LogP) is 2.66. The number of carbonyl (C=O) groups is 1. The van der Waals surface area contributed by atoms with Gasteiger partial charge < -0.3 is 5.32 Å². The van der Waals surface area contributed by atoms with Crippen LogP contribution < -0.4 is 5.32 Å². The molecule has 1 aromatic heterocycles. The van der Waals surface area contributed by atoms with E-state index < -0.39 is 0 Å². The van der Waals surface area contributed by atoms with Gasteiger partial charge in [-0.2, -0.15) is 0 Å². The Morgan fingerprint density at radius 2 is 2.15 bits per heavy atom. The zero-order valence-electron chi connectivity index (χ0n) is 11.7. The van der Waals surface area contributed by atoms with Crippen molar-refractivity contribution in [3.63, 3.8) is 0 Å². The lowest BCUT2D eigenvalue weighted by Crippen LogP contribution is -2.44. The molecule has 4 nitrogen and oxygen atoms in total. The first-order valence-corrected chi connectivity index (χ1v) is 7.10. The Kier molecular flexibility index (Phi) is 3.65. The van der Waals surface area contributed by atoms with Crippen molar-refractivity contribution < 1.29 is 4.79 Å². The van der Waals surface area contributed by atoms with Crippen LogP contribution in [0.25, 0.3) is 10.9 Å². The molecule has 1 fully saturated rings. The van der Waals surface area contributed by atoms with Crippen LogP contribution in [0.15, 0.2) is 36.5 Å². The SMILES string of the molecule is CN1CCCC[C@@H]1C(=O)Nc1cccc2cccnc12. The molecular weight excluding hydrogens is 250 g/mol. The molecule has 1 saturated heterocycles. The van der Waals surface area contributed by atoms with Crippen molar-refractivity contribution in [3.8, 4) is 0 Å². The highest BCUT2D eigenvalue weighted by Gasteiger charge is 2.26. The molecule has 1 atom stereocenters. The van der Waals surface area contributed by atoms with Crippen LogP contribution in [0.1, 0.15) is 19.3 Å². The summed E-state index contributed by atoms with van der Waals surface area (Å²) in [6.07, 6.45) is 4.98. The van der Waals surface area contributed by atoms with Crippen molar-refractivity contribution in [3.05, 3.63) is 36.5 Å². The van der Waals surface area contributed by atoms with Gasteiger partial charge in [0.1, 0.15) is 0 Å². The molecule has 0 bridgehead atoms. The molecule has 2 aromatic rings. The van der Waals surface area contributed by atoms with E-state index in [1.807, 2.05) is 37.4 Å². The van der Waals surface area contributed by atoms with E-state index in [9.17, 15) is 4.79 Å². The number of amides is 1. The number of anilines is 1. The van der Waals surface area contributed by atoms with Gasteiger partial charge in [-0.05, 0) is 38.6 Å². The van der Waals surface area contributed by atoms with Crippen molar-refractivity contribution in [2.75, 3.05) is 18.9 Å². The first kappa shape index (κ1) is 13.1. The number of aromatic nitrogens is 1. The van der Waals surface area contributed by atoms with Crippen molar-refractivity contribution in [2.45, 2.75) is 25.3 Å². The van der Waals surface area contributed by atoms with E-state index in [0.717, 1.165) is 36.0 Å². The highest BCUT2D eigenvalue weighted by atomic mass is 16.2. The Balaban J connectivity index is 1.84. The lowest BCUT2D eigenvalue weighted by molar-refractivity contribution is -0.121. The number of likely N-dealkylation sites (N-methyl/N-ethyl adjacent to an activating group) is 1. The predicted molar refractivity (Wildman–Crippen MR) is 80.6 cm³/mol. The summed E-state index contributed by atoms with van der Waals surface area (Å²) in [5, 5.41) is 4.09. The summed E-state index contributed by atoms with van der Waals surface area (Å²) in [6.45, 7) is 0.992. The van der Waals surface area contributed by atoms with Gasteiger partial charge in [-0.25, -0.2) is 0 Å². The molecule has 2 heterocycles. The first-order valence-electron chi connectivity index (χ1n) is 7.10. The molecule has 0 unspecified atom stereocenters. The van der Waals surface area contributed by atoms with E-state index in [2.05, 4.69) is 15.2 Å². The quantitative estimate of drug-likeness (QED) is 0.911. The number of pyridine rings is 1. The van der Waals surface area contributed by atoms with Gasteiger partial charge in [0.05, 0.1) is 17.2 Å². The number of benzene rings is 1. The maximum Gasteiger partial charge on any atom is 0.241 e. The Morgan fingerprint density at radius 3 is 3.00 bits per heavy atom. The van der Waals surface area contributed by atoms with Crippen molar-refractivity contribution in [1.82, 2.24) is 9.88 Å². The lowest BCUT2D eigenvalue weighted by Gasteiger charge is -2.31. The van der Waals surface area contributed by atoms with Crippen LogP contribution in [-0.2, 0) is 4.79 Å². The highest BCUT2D eigenvalue weighted by molar-refractivity contribution is 6.02. The molecule has 104 valence electrons. The van der Waals surface area contributed by atoms with Crippen LogP contribution in [-0.4, -0.2) is 35.4 Å². The van der Waals surface area contributed by atoms with Crippen LogP contribution >= 0.6 is 0 Å². The molecule has 4 heteroatoms. The van der Waals surface area contributed by atoms with Gasteiger partial charge in [0, 0.05) is 11.6 Å². The number of nitrogens with one attached hydrogen (secondary N) is 1. The van der Waals surface area contributed by atoms with E-state index in [4.69, 9.17) is 0 Å². The number of nitrogens with zero attached hydrogens (tertiary/aromatic N) is 2. The minimum absolute atomic E-state index is 0.0253. The largest absolute Gasteiger partial charge is 0.323 e. The molecule has 1 aliphatic rings. The van der Waals surface area contributed by atoms with E-state index in [1.165, 1.54) is 6.42 Å². The molecule has 3 rings (SSSR count). The van der Waals surface area contributed by atoms with Crippen LogP contribution in [0.4, 0.5) is 5.69 Å². The molecule has 0 saturated carbocycles. The number of hydrogen-bond donors (Lipinski definition) is 1. The maximum absolute atomic E-state index is 12.4. The Hall–Kier alpha value is -1.94. The van der Waals surface area contributed by atoms with Crippen LogP contribution in [0.2, 0.25) is 0 Å². The summed E-state index contributed by atoms with van der Waals surface area (Å²) < 4.78 is 0. The third kappa shape index (κ3) is 2.51. The van der Waals surface area contributed by atoms with Crippen molar-refractivity contribution in [2.24, 2.45) is 0 Å². The number of piperidine rings is 1. The molecule has 0 spiro atoms. The topological polar surface area (TPSA) is 45.2 Å². The molecule has 0 aliphatic carbocycles. The van der Waals surface area contributed by atoms with E-state index in [0.29, 0.717) is 0 Å². The summed E-state index contributed by atoms with van der Waals surface area (Å²) in [4.78, 5) is 18.9. The van der Waals surface area contributed by atoms with Gasteiger partial charge in [-0.1, -0.05) is 24.6 Å². The Bertz CT molecular complexity index is 621. The van der Waals surface area contributed by atoms with Crippen molar-refractivity contribution in [1.29, 1.82) is 0 Å². The highest BCUT2D eigenvalue weighted by Crippen LogP contribution is 2.22. The van der Waals surface area contributed by atoms with Gasteiger partial charge in [-0.15, -0.1) is 0 Å². The lowest BCUT2D eigenvalue weighted by atomic mass is 10.0. The second-order valence-electron chi connectivity index (χ2n) is 5.36. The number of hydrogen-bond acceptors (Lipinski definition) is 3.